The van der Waals surface area contributed by atoms with Gasteiger partial charge in [-0.25, -0.2) is 0 Å². The second-order valence-electron chi connectivity index (χ2n) is 5.14. The number of aliphatic hydroxyl groups excluding tert-OH is 7. The maximum Gasteiger partial charge on any atom is 0.115 e. The lowest BCUT2D eigenvalue weighted by Gasteiger charge is -2.46. The van der Waals surface area contributed by atoms with Crippen LogP contribution in [-0.2, 0) is 9.47 Å². The van der Waals surface area contributed by atoms with Crippen LogP contribution in [0.5, 0.6) is 0 Å². The van der Waals surface area contributed by atoms with Crippen molar-refractivity contribution >= 4 is 0 Å². The van der Waals surface area contributed by atoms with E-state index in [1.54, 1.807) is 0 Å². The summed E-state index contributed by atoms with van der Waals surface area (Å²) in [5.41, 5.74) is 0. The fraction of sp³-hybridized carbons (Fsp3) is 1.00. The number of aliphatic hydroxyl groups is 7. The normalized spacial score (nSPS) is 53.9. The lowest BCUT2D eigenvalue weighted by atomic mass is 9.87. The molecule has 0 saturated carbocycles. The van der Waals surface area contributed by atoms with E-state index < -0.39 is 61.5 Å². The standard InChI is InChI=1S/C11H20O9/c12-1-4-6(15)7(16)9(18)11(20-4)10-8(17)5(14)3(13)2-19-10/h3-18H,1-2H2/t3-,4-,5+,6-,7+,8-,9-,10?,11?/m1/s1. The molecule has 9 heteroatoms. The van der Waals surface area contributed by atoms with Crippen molar-refractivity contribution in [3.8, 4) is 0 Å². The van der Waals surface area contributed by atoms with E-state index in [0.717, 1.165) is 0 Å². The minimum absolute atomic E-state index is 0.280. The third kappa shape index (κ3) is 2.69. The quantitative estimate of drug-likeness (QED) is 0.265. The van der Waals surface area contributed by atoms with E-state index in [2.05, 4.69) is 0 Å². The van der Waals surface area contributed by atoms with E-state index in [0.29, 0.717) is 0 Å². The molecule has 2 aliphatic rings. The fourth-order valence-electron chi connectivity index (χ4n) is 2.52. The number of hydrogen-bond donors (Lipinski definition) is 7. The van der Waals surface area contributed by atoms with Crippen LogP contribution in [0.3, 0.4) is 0 Å². The fourth-order valence-corrected chi connectivity index (χ4v) is 2.52. The highest BCUT2D eigenvalue weighted by molar-refractivity contribution is 5.00. The molecule has 2 saturated heterocycles. The van der Waals surface area contributed by atoms with Gasteiger partial charge in [0.15, 0.2) is 0 Å². The van der Waals surface area contributed by atoms with Crippen LogP contribution in [0.1, 0.15) is 0 Å². The molecule has 0 aromatic rings. The molecule has 2 unspecified atom stereocenters. The first kappa shape index (κ1) is 16.0. The highest BCUT2D eigenvalue weighted by atomic mass is 16.6. The van der Waals surface area contributed by atoms with Crippen LogP contribution >= 0.6 is 0 Å². The molecule has 0 radical (unpaired) electrons. The van der Waals surface area contributed by atoms with Crippen LogP contribution in [0.15, 0.2) is 0 Å². The Morgan fingerprint density at radius 1 is 0.750 bits per heavy atom. The molecule has 20 heavy (non-hydrogen) atoms. The number of ether oxygens (including phenoxy) is 2. The molecule has 0 bridgehead atoms. The molecule has 0 aromatic heterocycles. The van der Waals surface area contributed by atoms with Crippen LogP contribution in [0, 0.1) is 0 Å². The van der Waals surface area contributed by atoms with Crippen molar-refractivity contribution in [1.82, 2.24) is 0 Å². The van der Waals surface area contributed by atoms with Crippen molar-refractivity contribution in [2.75, 3.05) is 13.2 Å². The van der Waals surface area contributed by atoms with Gasteiger partial charge in [0.1, 0.15) is 54.9 Å². The summed E-state index contributed by atoms with van der Waals surface area (Å²) < 4.78 is 10.4. The van der Waals surface area contributed by atoms with Gasteiger partial charge in [-0.05, 0) is 0 Å². The van der Waals surface area contributed by atoms with Gasteiger partial charge in [-0.2, -0.15) is 0 Å². The van der Waals surface area contributed by atoms with Gasteiger partial charge in [-0.1, -0.05) is 0 Å². The van der Waals surface area contributed by atoms with Crippen LogP contribution in [-0.4, -0.2) is 104 Å². The third-order valence-corrected chi connectivity index (χ3v) is 3.79. The van der Waals surface area contributed by atoms with E-state index in [9.17, 15) is 30.6 Å². The Labute approximate surface area is 114 Å². The van der Waals surface area contributed by atoms with Gasteiger partial charge in [0.05, 0.1) is 13.2 Å². The molecule has 0 aromatic carbocycles. The van der Waals surface area contributed by atoms with Gasteiger partial charge in [0, 0.05) is 0 Å². The first-order valence-corrected chi connectivity index (χ1v) is 6.34. The Hall–Kier alpha value is -0.360. The zero-order valence-electron chi connectivity index (χ0n) is 10.6. The Bertz CT molecular complexity index is 325. The van der Waals surface area contributed by atoms with Gasteiger partial charge in [-0.15, -0.1) is 0 Å². The summed E-state index contributed by atoms with van der Waals surface area (Å²) in [7, 11) is 0. The largest absolute Gasteiger partial charge is 0.394 e. The maximum absolute atomic E-state index is 9.89. The van der Waals surface area contributed by atoms with Crippen molar-refractivity contribution in [3.05, 3.63) is 0 Å². The van der Waals surface area contributed by atoms with E-state index >= 15 is 0 Å². The summed E-state index contributed by atoms with van der Waals surface area (Å²) in [4.78, 5) is 0. The number of hydrogen-bond acceptors (Lipinski definition) is 9. The van der Waals surface area contributed by atoms with Gasteiger partial charge in [-0.3, -0.25) is 0 Å². The zero-order valence-corrected chi connectivity index (χ0v) is 10.6. The first-order valence-electron chi connectivity index (χ1n) is 6.34. The van der Waals surface area contributed by atoms with E-state index in [1.165, 1.54) is 0 Å². The van der Waals surface area contributed by atoms with Crippen LogP contribution in [0.2, 0.25) is 0 Å². The average Bonchev–Trinajstić information content (AvgIpc) is 2.44. The Balaban J connectivity index is 2.14. The van der Waals surface area contributed by atoms with E-state index in [-0.39, 0.29) is 6.61 Å². The predicted molar refractivity (Wildman–Crippen MR) is 61.5 cm³/mol. The molecule has 2 fully saturated rings. The molecule has 9 atom stereocenters. The summed E-state index contributed by atoms with van der Waals surface area (Å²) in [6.07, 6.45) is -12.6. The van der Waals surface area contributed by atoms with Crippen molar-refractivity contribution in [2.45, 2.75) is 54.9 Å². The minimum atomic E-state index is -1.59. The minimum Gasteiger partial charge on any atom is -0.394 e. The predicted octanol–water partition coefficient (Wildman–Crippen LogP) is -4.69. The lowest BCUT2D eigenvalue weighted by Crippen LogP contribution is -2.66. The van der Waals surface area contributed by atoms with Crippen LogP contribution in [0.25, 0.3) is 0 Å². The lowest BCUT2D eigenvalue weighted by molar-refractivity contribution is -0.286. The molecule has 0 spiro atoms. The van der Waals surface area contributed by atoms with Gasteiger partial charge in [0.25, 0.3) is 0 Å². The van der Waals surface area contributed by atoms with E-state index in [1.807, 2.05) is 0 Å². The average molecular weight is 296 g/mol. The molecule has 0 amide bonds. The van der Waals surface area contributed by atoms with Gasteiger partial charge >= 0.3 is 0 Å². The summed E-state index contributed by atoms with van der Waals surface area (Å²) in [6, 6.07) is 0. The smallest absolute Gasteiger partial charge is 0.115 e. The Morgan fingerprint density at radius 3 is 1.95 bits per heavy atom. The summed E-state index contributed by atoms with van der Waals surface area (Å²) in [5, 5.41) is 67.1. The molecule has 7 N–H and O–H groups in total. The zero-order chi connectivity index (χ0) is 15.0. The monoisotopic (exact) mass is 296 g/mol. The van der Waals surface area contributed by atoms with Crippen LogP contribution < -0.4 is 0 Å². The first-order chi connectivity index (χ1) is 9.38. The van der Waals surface area contributed by atoms with Crippen molar-refractivity contribution in [3.63, 3.8) is 0 Å². The SMILES string of the molecule is OC[C@H]1OC(C2OC[C@@H](O)[C@H](O)[C@H]2O)[C@H](O)[C@@H](O)[C@@H]1O. The van der Waals surface area contributed by atoms with Gasteiger partial charge in [0.2, 0.25) is 0 Å². The summed E-state index contributed by atoms with van der Waals surface area (Å²) in [5.74, 6) is 0. The van der Waals surface area contributed by atoms with E-state index in [4.69, 9.17) is 14.6 Å². The van der Waals surface area contributed by atoms with Crippen LogP contribution in [0.4, 0.5) is 0 Å². The summed E-state index contributed by atoms with van der Waals surface area (Å²) in [6.45, 7) is -0.882. The second-order valence-corrected chi connectivity index (χ2v) is 5.14. The molecule has 118 valence electrons. The highest BCUT2D eigenvalue weighted by Crippen LogP contribution is 2.29. The maximum atomic E-state index is 9.89. The molecule has 0 aliphatic carbocycles. The highest BCUT2D eigenvalue weighted by Gasteiger charge is 2.51. The van der Waals surface area contributed by atoms with Crippen molar-refractivity contribution in [2.24, 2.45) is 0 Å². The molecule has 2 heterocycles. The summed E-state index contributed by atoms with van der Waals surface area (Å²) >= 11 is 0. The Morgan fingerprint density at radius 2 is 1.35 bits per heavy atom. The van der Waals surface area contributed by atoms with Crippen molar-refractivity contribution in [1.29, 1.82) is 0 Å². The number of rotatable bonds is 2. The molecule has 2 aliphatic heterocycles. The third-order valence-electron chi connectivity index (χ3n) is 3.79. The van der Waals surface area contributed by atoms with Gasteiger partial charge < -0.3 is 45.2 Å². The topological polar surface area (TPSA) is 160 Å². The Kier molecular flexibility index (Phi) is 4.95. The van der Waals surface area contributed by atoms with Crippen molar-refractivity contribution < 1.29 is 45.2 Å². The molecular formula is C11H20O9. The molecule has 2 rings (SSSR count). The molecular weight excluding hydrogens is 276 g/mol. The molecule has 9 nitrogen and oxygen atoms in total. The second kappa shape index (κ2) is 6.18.